The molecule has 3 nitrogen and oxygen atoms in total. The largest absolute Gasteiger partial charge is 0.416 e. The van der Waals surface area contributed by atoms with Crippen LogP contribution >= 0.6 is 0 Å². The van der Waals surface area contributed by atoms with Gasteiger partial charge >= 0.3 is 6.18 Å². The van der Waals surface area contributed by atoms with Gasteiger partial charge in [-0.3, -0.25) is 4.79 Å². The molecule has 1 amide bonds. The van der Waals surface area contributed by atoms with E-state index in [0.717, 1.165) is 18.4 Å². The monoisotopic (exact) mass is 352 g/mol. The predicted molar refractivity (Wildman–Crippen MR) is 89.1 cm³/mol. The zero-order valence-electron chi connectivity index (χ0n) is 14.1. The fourth-order valence-corrected chi connectivity index (χ4v) is 4.81. The van der Waals surface area contributed by atoms with E-state index in [9.17, 15) is 18.0 Å². The summed E-state index contributed by atoms with van der Waals surface area (Å²) in [7, 11) is 0. The van der Waals surface area contributed by atoms with Crippen LogP contribution in [-0.2, 0) is 11.0 Å². The number of fused-ring (bicyclic) bond motifs is 2. The third-order valence-electron chi connectivity index (χ3n) is 6.16. The third-order valence-corrected chi connectivity index (χ3v) is 6.16. The van der Waals surface area contributed by atoms with Gasteiger partial charge in [-0.1, -0.05) is 12.5 Å². The molecule has 136 valence electrons. The number of benzene rings is 1. The molecule has 1 saturated heterocycles. The number of rotatable bonds is 3. The first-order valence-corrected chi connectivity index (χ1v) is 9.13. The molecular weight excluding hydrogens is 329 g/mol. The Labute approximate surface area is 145 Å². The molecule has 2 aliphatic carbocycles. The summed E-state index contributed by atoms with van der Waals surface area (Å²) in [6.07, 6.45) is 1.21. The van der Waals surface area contributed by atoms with Crippen molar-refractivity contribution >= 4 is 11.6 Å². The van der Waals surface area contributed by atoms with Crippen molar-refractivity contribution in [1.82, 2.24) is 5.32 Å². The van der Waals surface area contributed by atoms with Gasteiger partial charge in [0.05, 0.1) is 11.5 Å². The van der Waals surface area contributed by atoms with Crippen LogP contribution in [0.4, 0.5) is 18.9 Å². The lowest BCUT2D eigenvalue weighted by Crippen LogP contribution is -2.42. The van der Waals surface area contributed by atoms with E-state index in [2.05, 4.69) is 5.32 Å². The van der Waals surface area contributed by atoms with E-state index in [0.29, 0.717) is 37.2 Å². The summed E-state index contributed by atoms with van der Waals surface area (Å²) in [5, 5.41) is 3.21. The summed E-state index contributed by atoms with van der Waals surface area (Å²) in [6, 6.07) is 5.69. The highest BCUT2D eigenvalue weighted by atomic mass is 19.4. The second kappa shape index (κ2) is 6.22. The normalized spacial score (nSPS) is 31.6. The number of carbonyl (C=O) groups is 1. The topological polar surface area (TPSA) is 32.3 Å². The minimum Gasteiger partial charge on any atom is -0.371 e. The van der Waals surface area contributed by atoms with Gasteiger partial charge in [-0.15, -0.1) is 0 Å². The highest BCUT2D eigenvalue weighted by Gasteiger charge is 2.41. The molecule has 0 spiro atoms. The smallest absolute Gasteiger partial charge is 0.371 e. The lowest BCUT2D eigenvalue weighted by Gasteiger charge is -2.25. The highest BCUT2D eigenvalue weighted by molar-refractivity contribution is 5.80. The van der Waals surface area contributed by atoms with Crippen molar-refractivity contribution in [2.24, 2.45) is 17.8 Å². The van der Waals surface area contributed by atoms with E-state index >= 15 is 0 Å². The molecule has 0 aromatic heterocycles. The molecule has 6 heteroatoms. The van der Waals surface area contributed by atoms with Gasteiger partial charge in [-0.25, -0.2) is 0 Å². The van der Waals surface area contributed by atoms with Crippen molar-refractivity contribution < 1.29 is 18.0 Å². The van der Waals surface area contributed by atoms with E-state index in [-0.39, 0.29) is 11.8 Å². The van der Waals surface area contributed by atoms with E-state index in [1.165, 1.54) is 31.4 Å². The number of nitrogens with zero attached hydrogens (tertiary/aromatic N) is 1. The Morgan fingerprint density at radius 2 is 2.00 bits per heavy atom. The van der Waals surface area contributed by atoms with Crippen molar-refractivity contribution in [1.29, 1.82) is 0 Å². The summed E-state index contributed by atoms with van der Waals surface area (Å²) in [5.74, 6) is 1.36. The highest BCUT2D eigenvalue weighted by Crippen LogP contribution is 2.44. The van der Waals surface area contributed by atoms with E-state index in [1.54, 1.807) is 6.07 Å². The van der Waals surface area contributed by atoms with Crippen LogP contribution in [0.3, 0.4) is 0 Å². The van der Waals surface area contributed by atoms with Crippen molar-refractivity contribution in [3.8, 4) is 0 Å². The summed E-state index contributed by atoms with van der Waals surface area (Å²) in [5.41, 5.74) is -0.0927. The number of halogens is 3. The fourth-order valence-electron chi connectivity index (χ4n) is 4.81. The molecule has 1 heterocycles. The number of carbonyl (C=O) groups excluding carboxylic acids is 1. The molecular formula is C19H23F3N2O. The minimum absolute atomic E-state index is 0.0759. The fraction of sp³-hybridized carbons (Fsp3) is 0.632. The third kappa shape index (κ3) is 3.35. The Balaban J connectivity index is 1.37. The van der Waals surface area contributed by atoms with Crippen LogP contribution in [0.5, 0.6) is 0 Å². The molecule has 3 aliphatic rings. The van der Waals surface area contributed by atoms with Crippen LogP contribution in [-0.4, -0.2) is 25.0 Å². The quantitative estimate of drug-likeness (QED) is 0.897. The zero-order valence-corrected chi connectivity index (χ0v) is 14.1. The van der Waals surface area contributed by atoms with Crippen molar-refractivity contribution in [2.45, 2.75) is 44.3 Å². The van der Waals surface area contributed by atoms with Crippen LogP contribution in [0.1, 0.15) is 37.7 Å². The van der Waals surface area contributed by atoms with Gasteiger partial charge in [-0.2, -0.15) is 13.2 Å². The number of anilines is 1. The van der Waals surface area contributed by atoms with E-state index < -0.39 is 11.7 Å². The van der Waals surface area contributed by atoms with Gasteiger partial charge in [0.2, 0.25) is 5.91 Å². The Morgan fingerprint density at radius 3 is 2.68 bits per heavy atom. The van der Waals surface area contributed by atoms with Gasteiger partial charge in [-0.05, 0) is 55.7 Å². The zero-order chi connectivity index (χ0) is 17.6. The van der Waals surface area contributed by atoms with Gasteiger partial charge in [0.25, 0.3) is 0 Å². The maximum Gasteiger partial charge on any atom is 0.416 e. The molecule has 25 heavy (non-hydrogen) atoms. The van der Waals surface area contributed by atoms with Crippen LogP contribution in [0.2, 0.25) is 0 Å². The predicted octanol–water partition coefficient (Wildman–Crippen LogP) is 3.84. The SMILES string of the molecule is O=C(N[C@@H]1C[C@@H]2CC[C@H]1C2)C1CCN(c2cccc(C(F)(F)F)c2)C1. The molecule has 4 atom stereocenters. The average Bonchev–Trinajstić information content (AvgIpc) is 3.30. The van der Waals surface area contributed by atoms with E-state index in [4.69, 9.17) is 0 Å². The maximum atomic E-state index is 12.9. The number of alkyl halides is 3. The lowest BCUT2D eigenvalue weighted by atomic mass is 9.94. The Morgan fingerprint density at radius 1 is 1.16 bits per heavy atom. The van der Waals surface area contributed by atoms with Crippen LogP contribution in [0, 0.1) is 17.8 Å². The molecule has 0 radical (unpaired) electrons. The summed E-state index contributed by atoms with van der Waals surface area (Å²) in [4.78, 5) is 14.5. The molecule has 1 aromatic carbocycles. The first-order chi connectivity index (χ1) is 11.9. The number of nitrogens with one attached hydrogen (secondary N) is 1. The molecule has 2 saturated carbocycles. The van der Waals surface area contributed by atoms with Crippen molar-refractivity contribution in [2.75, 3.05) is 18.0 Å². The summed E-state index contributed by atoms with van der Waals surface area (Å²) in [6.45, 7) is 1.12. The summed E-state index contributed by atoms with van der Waals surface area (Å²) < 4.78 is 38.6. The lowest BCUT2D eigenvalue weighted by molar-refractivity contribution is -0.137. The van der Waals surface area contributed by atoms with E-state index in [1.807, 2.05) is 4.90 Å². The molecule has 1 N–H and O–H groups in total. The first-order valence-electron chi connectivity index (χ1n) is 9.13. The molecule has 1 aliphatic heterocycles. The second-order valence-electron chi connectivity index (χ2n) is 7.77. The second-order valence-corrected chi connectivity index (χ2v) is 7.77. The van der Waals surface area contributed by atoms with Crippen molar-refractivity contribution in [3.63, 3.8) is 0 Å². The number of hydrogen-bond acceptors (Lipinski definition) is 2. The Kier molecular flexibility index (Phi) is 4.16. The summed E-state index contributed by atoms with van der Waals surface area (Å²) >= 11 is 0. The average molecular weight is 352 g/mol. The number of hydrogen-bond donors (Lipinski definition) is 1. The van der Waals surface area contributed by atoms with Crippen molar-refractivity contribution in [3.05, 3.63) is 29.8 Å². The minimum atomic E-state index is -4.34. The Hall–Kier alpha value is -1.72. The Bertz CT molecular complexity index is 660. The van der Waals surface area contributed by atoms with Gasteiger partial charge in [0, 0.05) is 24.8 Å². The molecule has 1 unspecified atom stereocenters. The van der Waals surface area contributed by atoms with Gasteiger partial charge < -0.3 is 10.2 Å². The van der Waals surface area contributed by atoms with Crippen LogP contribution in [0.15, 0.2) is 24.3 Å². The molecule has 2 bridgehead atoms. The molecule has 1 aromatic rings. The maximum absolute atomic E-state index is 12.9. The standard InChI is InChI=1S/C19H23F3N2O/c20-19(21,22)15-2-1-3-16(10-15)24-7-6-14(11-24)18(25)23-17-9-12-4-5-13(17)8-12/h1-3,10,12-14,17H,4-9,11H2,(H,23,25)/t12-,13+,14?,17-/m1/s1. The first kappa shape index (κ1) is 16.7. The van der Waals surface area contributed by atoms with Crippen LogP contribution in [0.25, 0.3) is 0 Å². The van der Waals surface area contributed by atoms with Gasteiger partial charge in [0.15, 0.2) is 0 Å². The number of amides is 1. The molecule has 3 fully saturated rings. The van der Waals surface area contributed by atoms with Gasteiger partial charge in [0.1, 0.15) is 0 Å². The molecule has 4 rings (SSSR count). The van der Waals surface area contributed by atoms with Crippen LogP contribution < -0.4 is 10.2 Å².